The van der Waals surface area contributed by atoms with Gasteiger partial charge in [0.2, 0.25) is 0 Å². The van der Waals surface area contributed by atoms with Crippen LogP contribution in [0.3, 0.4) is 0 Å². The van der Waals surface area contributed by atoms with Crippen LogP contribution in [0.1, 0.15) is 20.3 Å². The Morgan fingerprint density at radius 1 is 1.29 bits per heavy atom. The fraction of sp³-hybridized carbons (Fsp3) is 1.00. The number of rotatable bonds is 7. The number of aliphatic hydroxyl groups excluding tert-OH is 1. The summed E-state index contributed by atoms with van der Waals surface area (Å²) in [4.78, 5) is 1.59. The van der Waals surface area contributed by atoms with Gasteiger partial charge in [-0.15, -0.1) is 0 Å². The molecule has 0 aliphatic heterocycles. The summed E-state index contributed by atoms with van der Waals surface area (Å²) in [5.74, 6) is 0.181. The van der Waals surface area contributed by atoms with E-state index in [1.165, 1.54) is 0 Å². The van der Waals surface area contributed by atoms with Crippen molar-refractivity contribution < 1.29 is 18.1 Å². The van der Waals surface area contributed by atoms with Crippen molar-refractivity contribution in [3.8, 4) is 0 Å². The van der Waals surface area contributed by atoms with Gasteiger partial charge in [-0.05, 0) is 12.3 Å². The molecule has 0 heterocycles. The lowest BCUT2D eigenvalue weighted by Crippen LogP contribution is -2.31. The molecule has 0 fully saturated rings. The predicted molar refractivity (Wildman–Crippen MR) is 54.5 cm³/mol. The number of aliphatic hydroxyl groups is 1. The van der Waals surface area contributed by atoms with Gasteiger partial charge in [-0.1, -0.05) is 13.8 Å². The average Bonchev–Trinajstić information content (AvgIpc) is 2.02. The van der Waals surface area contributed by atoms with Crippen molar-refractivity contribution >= 4 is 10.1 Å². The Morgan fingerprint density at radius 2 is 1.86 bits per heavy atom. The summed E-state index contributed by atoms with van der Waals surface area (Å²) in [6.07, 6.45) is 0.895. The first-order valence-electron chi connectivity index (χ1n) is 4.63. The van der Waals surface area contributed by atoms with E-state index in [0.29, 0.717) is 12.5 Å². The van der Waals surface area contributed by atoms with Gasteiger partial charge in [0.05, 0.1) is 12.5 Å². The molecular weight excluding hydrogens is 206 g/mol. The Morgan fingerprint density at radius 3 is 2.21 bits per heavy atom. The summed E-state index contributed by atoms with van der Waals surface area (Å²) in [7, 11) is -3.92. The van der Waals surface area contributed by atoms with Gasteiger partial charge >= 0.3 is 0 Å². The van der Waals surface area contributed by atoms with E-state index < -0.39 is 10.1 Å². The zero-order valence-corrected chi connectivity index (χ0v) is 9.50. The maximum Gasteiger partial charge on any atom is 0.266 e. The van der Waals surface area contributed by atoms with Crippen LogP contribution in [0.2, 0.25) is 0 Å². The molecule has 0 unspecified atom stereocenters. The SMILES string of the molecule is CC(C)CCN(CO)CCS(=O)(=O)O. The topological polar surface area (TPSA) is 77.8 Å². The lowest BCUT2D eigenvalue weighted by molar-refractivity contribution is 0.108. The second-order valence-electron chi connectivity index (χ2n) is 3.73. The van der Waals surface area contributed by atoms with Crippen molar-refractivity contribution in [1.82, 2.24) is 4.90 Å². The highest BCUT2D eigenvalue weighted by atomic mass is 32.2. The Kier molecular flexibility index (Phi) is 6.26. The van der Waals surface area contributed by atoms with Gasteiger partial charge in [0.25, 0.3) is 10.1 Å². The molecule has 86 valence electrons. The van der Waals surface area contributed by atoms with Crippen LogP contribution in [0.15, 0.2) is 0 Å². The maximum absolute atomic E-state index is 10.4. The normalized spacial score (nSPS) is 12.7. The first-order valence-corrected chi connectivity index (χ1v) is 6.24. The molecule has 0 aliphatic carbocycles. The zero-order valence-electron chi connectivity index (χ0n) is 8.68. The first-order chi connectivity index (χ1) is 6.35. The Labute approximate surface area is 85.5 Å². The molecule has 0 spiro atoms. The molecule has 0 aromatic rings. The van der Waals surface area contributed by atoms with Crippen LogP contribution < -0.4 is 0 Å². The van der Waals surface area contributed by atoms with Crippen LogP contribution in [0.4, 0.5) is 0 Å². The monoisotopic (exact) mass is 225 g/mol. The molecule has 0 aliphatic rings. The Balaban J connectivity index is 3.80. The molecule has 0 aromatic carbocycles. The van der Waals surface area contributed by atoms with Gasteiger partial charge < -0.3 is 5.11 Å². The van der Waals surface area contributed by atoms with Crippen LogP contribution >= 0.6 is 0 Å². The third kappa shape index (κ3) is 8.43. The van der Waals surface area contributed by atoms with Crippen molar-refractivity contribution in [1.29, 1.82) is 0 Å². The molecule has 0 saturated heterocycles. The third-order valence-corrected chi connectivity index (χ3v) is 2.59. The van der Waals surface area contributed by atoms with Crippen molar-refractivity contribution in [2.24, 2.45) is 5.92 Å². The van der Waals surface area contributed by atoms with E-state index >= 15 is 0 Å². The molecule has 6 heteroatoms. The lowest BCUT2D eigenvalue weighted by atomic mass is 10.1. The van der Waals surface area contributed by atoms with E-state index in [0.717, 1.165) is 6.42 Å². The van der Waals surface area contributed by atoms with E-state index in [1.54, 1.807) is 4.90 Å². The standard InChI is InChI=1S/C8H19NO4S/c1-8(2)3-4-9(7-10)5-6-14(11,12)13/h8,10H,3-7H2,1-2H3,(H,11,12,13). The van der Waals surface area contributed by atoms with Gasteiger partial charge in [0, 0.05) is 13.1 Å². The van der Waals surface area contributed by atoms with E-state index in [1.807, 2.05) is 0 Å². The Hall–Kier alpha value is -0.170. The number of hydrogen-bond acceptors (Lipinski definition) is 4. The molecule has 2 N–H and O–H groups in total. The van der Waals surface area contributed by atoms with Crippen molar-refractivity contribution in [3.63, 3.8) is 0 Å². The van der Waals surface area contributed by atoms with Crippen LogP contribution in [0.5, 0.6) is 0 Å². The molecule has 0 saturated carbocycles. The fourth-order valence-electron chi connectivity index (χ4n) is 0.938. The van der Waals surface area contributed by atoms with Crippen LogP contribution in [0, 0.1) is 5.92 Å². The fourth-order valence-corrected chi connectivity index (χ4v) is 1.43. The summed E-state index contributed by atoms with van der Waals surface area (Å²) in [6.45, 7) is 4.74. The van der Waals surface area contributed by atoms with Gasteiger partial charge in [-0.25, -0.2) is 0 Å². The van der Waals surface area contributed by atoms with E-state index in [2.05, 4.69) is 13.8 Å². The summed E-state index contributed by atoms with van der Waals surface area (Å²) < 4.78 is 29.4. The van der Waals surface area contributed by atoms with E-state index in [-0.39, 0.29) is 19.0 Å². The molecule has 14 heavy (non-hydrogen) atoms. The molecule has 0 bridgehead atoms. The third-order valence-electron chi connectivity index (χ3n) is 1.89. The summed E-state index contributed by atoms with van der Waals surface area (Å²) in [6, 6.07) is 0. The molecule has 0 amide bonds. The summed E-state index contributed by atoms with van der Waals surface area (Å²) in [5, 5.41) is 8.89. The smallest absolute Gasteiger partial charge is 0.266 e. The average molecular weight is 225 g/mol. The highest BCUT2D eigenvalue weighted by Crippen LogP contribution is 2.01. The molecular formula is C8H19NO4S. The highest BCUT2D eigenvalue weighted by molar-refractivity contribution is 7.85. The van der Waals surface area contributed by atoms with E-state index in [9.17, 15) is 8.42 Å². The van der Waals surface area contributed by atoms with Crippen molar-refractivity contribution in [2.45, 2.75) is 20.3 Å². The first kappa shape index (κ1) is 13.8. The number of hydrogen-bond donors (Lipinski definition) is 2. The second-order valence-corrected chi connectivity index (χ2v) is 5.30. The van der Waals surface area contributed by atoms with Crippen molar-refractivity contribution in [2.75, 3.05) is 25.6 Å². The van der Waals surface area contributed by atoms with Crippen LogP contribution in [-0.4, -0.2) is 48.6 Å². The molecule has 0 radical (unpaired) electrons. The maximum atomic E-state index is 10.4. The molecule has 0 rings (SSSR count). The lowest BCUT2D eigenvalue weighted by Gasteiger charge is -2.19. The minimum Gasteiger partial charge on any atom is -0.381 e. The molecule has 0 aromatic heterocycles. The summed E-state index contributed by atoms with van der Waals surface area (Å²) >= 11 is 0. The van der Waals surface area contributed by atoms with E-state index in [4.69, 9.17) is 9.66 Å². The zero-order chi connectivity index (χ0) is 11.2. The highest BCUT2D eigenvalue weighted by Gasteiger charge is 2.09. The second kappa shape index (κ2) is 6.34. The van der Waals surface area contributed by atoms with Gasteiger partial charge in [0.15, 0.2) is 0 Å². The van der Waals surface area contributed by atoms with Crippen LogP contribution in [-0.2, 0) is 10.1 Å². The van der Waals surface area contributed by atoms with Gasteiger partial charge in [0.1, 0.15) is 0 Å². The van der Waals surface area contributed by atoms with Crippen LogP contribution in [0.25, 0.3) is 0 Å². The largest absolute Gasteiger partial charge is 0.381 e. The predicted octanol–water partition coefficient (Wildman–Crippen LogP) is 0.172. The van der Waals surface area contributed by atoms with Crippen molar-refractivity contribution in [3.05, 3.63) is 0 Å². The molecule has 0 atom stereocenters. The minimum atomic E-state index is -3.92. The summed E-state index contributed by atoms with van der Waals surface area (Å²) in [5.41, 5.74) is 0. The number of nitrogens with zero attached hydrogens (tertiary/aromatic N) is 1. The van der Waals surface area contributed by atoms with Gasteiger partial charge in [-0.2, -0.15) is 8.42 Å². The minimum absolute atomic E-state index is 0.169. The Bertz CT molecular complexity index is 238. The van der Waals surface area contributed by atoms with Gasteiger partial charge in [-0.3, -0.25) is 9.45 Å². The quantitative estimate of drug-likeness (QED) is 0.477. The molecule has 5 nitrogen and oxygen atoms in total.